The van der Waals surface area contributed by atoms with E-state index in [0.717, 1.165) is 0 Å². The summed E-state index contributed by atoms with van der Waals surface area (Å²) in [7, 11) is 0. The van der Waals surface area contributed by atoms with Gasteiger partial charge in [-0.2, -0.15) is 0 Å². The number of rotatable bonds is 3. The van der Waals surface area contributed by atoms with E-state index in [4.69, 9.17) is 9.63 Å². The van der Waals surface area contributed by atoms with Crippen molar-refractivity contribution in [3.8, 4) is 0 Å². The van der Waals surface area contributed by atoms with Gasteiger partial charge in [0.25, 0.3) is 0 Å². The van der Waals surface area contributed by atoms with Gasteiger partial charge in [-0.25, -0.2) is 0 Å². The van der Waals surface area contributed by atoms with Gasteiger partial charge in [-0.1, -0.05) is 12.1 Å². The first-order valence-electron chi connectivity index (χ1n) is 3.74. The lowest BCUT2D eigenvalue weighted by molar-refractivity contribution is -0.141. The van der Waals surface area contributed by atoms with Crippen LogP contribution >= 0.6 is 0 Å². The van der Waals surface area contributed by atoms with Crippen molar-refractivity contribution in [3.63, 3.8) is 0 Å². The lowest BCUT2D eigenvalue weighted by Gasteiger charge is -2.00. The Morgan fingerprint density at radius 3 is 2.92 bits per heavy atom. The fourth-order valence-corrected chi connectivity index (χ4v) is 0.915. The van der Waals surface area contributed by atoms with Crippen LogP contribution in [0.4, 0.5) is 0 Å². The molecule has 0 saturated heterocycles. The van der Waals surface area contributed by atoms with Crippen molar-refractivity contribution in [3.05, 3.63) is 17.5 Å². The molecule has 66 valence electrons. The maximum Gasteiger partial charge on any atom is 0.306 e. The Hall–Kier alpha value is -1.32. The SMILES string of the molecule is Cc1cc(CC(C)C(=O)O)no1. The van der Waals surface area contributed by atoms with Crippen LogP contribution in [0.15, 0.2) is 10.6 Å². The second kappa shape index (κ2) is 3.38. The van der Waals surface area contributed by atoms with Crippen LogP contribution in [0, 0.1) is 12.8 Å². The van der Waals surface area contributed by atoms with Crippen LogP contribution < -0.4 is 0 Å². The van der Waals surface area contributed by atoms with Crippen LogP contribution in [0.25, 0.3) is 0 Å². The van der Waals surface area contributed by atoms with Crippen LogP contribution in [0.3, 0.4) is 0 Å². The number of hydrogen-bond donors (Lipinski definition) is 1. The zero-order chi connectivity index (χ0) is 9.14. The molecule has 1 unspecified atom stereocenters. The fraction of sp³-hybridized carbons (Fsp3) is 0.500. The zero-order valence-corrected chi connectivity index (χ0v) is 7.07. The molecule has 1 atom stereocenters. The van der Waals surface area contributed by atoms with Crippen LogP contribution in [0.1, 0.15) is 18.4 Å². The van der Waals surface area contributed by atoms with Gasteiger partial charge in [-0.3, -0.25) is 4.79 Å². The molecule has 1 aromatic heterocycles. The van der Waals surface area contributed by atoms with Crippen LogP contribution in [-0.4, -0.2) is 16.2 Å². The van der Waals surface area contributed by atoms with E-state index in [0.29, 0.717) is 17.9 Å². The fourth-order valence-electron chi connectivity index (χ4n) is 0.915. The number of aliphatic carboxylic acids is 1. The molecule has 0 aliphatic carbocycles. The highest BCUT2D eigenvalue weighted by atomic mass is 16.5. The molecule has 12 heavy (non-hydrogen) atoms. The Labute approximate surface area is 70.2 Å². The average molecular weight is 169 g/mol. The number of carboxylic acid groups (broad SMARTS) is 1. The molecule has 0 aromatic carbocycles. The van der Waals surface area contributed by atoms with Crippen molar-refractivity contribution in [2.45, 2.75) is 20.3 Å². The van der Waals surface area contributed by atoms with E-state index in [9.17, 15) is 4.79 Å². The van der Waals surface area contributed by atoms with Crippen molar-refractivity contribution in [2.75, 3.05) is 0 Å². The third kappa shape index (κ3) is 2.08. The number of hydrogen-bond acceptors (Lipinski definition) is 3. The minimum Gasteiger partial charge on any atom is -0.481 e. The third-order valence-electron chi connectivity index (χ3n) is 1.61. The minimum absolute atomic E-state index is 0.408. The Bertz CT molecular complexity index is 280. The van der Waals surface area contributed by atoms with E-state index in [2.05, 4.69) is 5.16 Å². The lowest BCUT2D eigenvalue weighted by atomic mass is 10.1. The number of carbonyl (C=O) groups is 1. The highest BCUT2D eigenvalue weighted by Crippen LogP contribution is 2.08. The molecule has 0 fully saturated rings. The number of aromatic nitrogens is 1. The summed E-state index contributed by atoms with van der Waals surface area (Å²) >= 11 is 0. The molecule has 1 aromatic rings. The summed E-state index contributed by atoms with van der Waals surface area (Å²) in [4.78, 5) is 10.5. The predicted octanol–water partition coefficient (Wildman–Crippen LogP) is 1.25. The zero-order valence-electron chi connectivity index (χ0n) is 7.07. The highest BCUT2D eigenvalue weighted by Gasteiger charge is 2.13. The Balaban J connectivity index is 2.58. The predicted molar refractivity (Wildman–Crippen MR) is 41.7 cm³/mol. The summed E-state index contributed by atoms with van der Waals surface area (Å²) in [5.74, 6) is -0.507. The third-order valence-corrected chi connectivity index (χ3v) is 1.61. The summed E-state index contributed by atoms with van der Waals surface area (Å²) in [6.45, 7) is 3.42. The normalized spacial score (nSPS) is 12.8. The summed E-state index contributed by atoms with van der Waals surface area (Å²) in [6.07, 6.45) is 0.423. The van der Waals surface area contributed by atoms with Crippen molar-refractivity contribution >= 4 is 5.97 Å². The molecule has 0 saturated carbocycles. The summed E-state index contributed by atoms with van der Waals surface area (Å²) < 4.78 is 4.80. The molecular formula is C8H11NO3. The van der Waals surface area contributed by atoms with E-state index in [1.165, 1.54) is 0 Å². The molecule has 0 aliphatic rings. The second-order valence-corrected chi connectivity index (χ2v) is 2.87. The van der Waals surface area contributed by atoms with E-state index < -0.39 is 11.9 Å². The first-order chi connectivity index (χ1) is 5.59. The van der Waals surface area contributed by atoms with E-state index >= 15 is 0 Å². The molecule has 1 heterocycles. The molecule has 0 spiro atoms. The Morgan fingerprint density at radius 1 is 1.83 bits per heavy atom. The quantitative estimate of drug-likeness (QED) is 0.739. The second-order valence-electron chi connectivity index (χ2n) is 2.87. The highest BCUT2D eigenvalue weighted by molar-refractivity contribution is 5.69. The monoisotopic (exact) mass is 169 g/mol. The van der Waals surface area contributed by atoms with Crippen LogP contribution in [-0.2, 0) is 11.2 Å². The molecule has 1 rings (SSSR count). The van der Waals surface area contributed by atoms with Crippen LogP contribution in [0.5, 0.6) is 0 Å². The number of nitrogens with zero attached hydrogens (tertiary/aromatic N) is 1. The molecule has 1 N–H and O–H groups in total. The van der Waals surface area contributed by atoms with E-state index in [1.54, 1.807) is 19.9 Å². The van der Waals surface area contributed by atoms with Crippen molar-refractivity contribution in [1.29, 1.82) is 0 Å². The molecular weight excluding hydrogens is 158 g/mol. The van der Waals surface area contributed by atoms with Crippen molar-refractivity contribution in [1.82, 2.24) is 5.16 Å². The summed E-state index contributed by atoms with van der Waals surface area (Å²) in [6, 6.07) is 1.75. The molecule has 0 aliphatic heterocycles. The summed E-state index contributed by atoms with van der Waals surface area (Å²) in [5.41, 5.74) is 0.697. The van der Waals surface area contributed by atoms with Gasteiger partial charge in [0.15, 0.2) is 0 Å². The molecule has 0 bridgehead atoms. The Morgan fingerprint density at radius 2 is 2.50 bits per heavy atom. The van der Waals surface area contributed by atoms with Crippen molar-refractivity contribution in [2.24, 2.45) is 5.92 Å². The van der Waals surface area contributed by atoms with E-state index in [1.807, 2.05) is 0 Å². The largest absolute Gasteiger partial charge is 0.481 e. The van der Waals surface area contributed by atoms with Gasteiger partial charge in [0.2, 0.25) is 0 Å². The van der Waals surface area contributed by atoms with Gasteiger partial charge < -0.3 is 9.63 Å². The van der Waals surface area contributed by atoms with Gasteiger partial charge in [-0.05, 0) is 6.92 Å². The van der Waals surface area contributed by atoms with Crippen molar-refractivity contribution < 1.29 is 14.4 Å². The maximum atomic E-state index is 10.5. The maximum absolute atomic E-state index is 10.5. The standard InChI is InChI=1S/C8H11NO3/c1-5(8(10)11)3-7-4-6(2)12-9-7/h4-5H,3H2,1-2H3,(H,10,11). The van der Waals surface area contributed by atoms with Crippen LogP contribution in [0.2, 0.25) is 0 Å². The smallest absolute Gasteiger partial charge is 0.306 e. The molecule has 0 amide bonds. The number of aryl methyl sites for hydroxylation is 1. The average Bonchev–Trinajstić information content (AvgIpc) is 2.35. The van der Waals surface area contributed by atoms with Gasteiger partial charge in [0.05, 0.1) is 11.6 Å². The minimum atomic E-state index is -0.810. The first kappa shape index (κ1) is 8.77. The topological polar surface area (TPSA) is 63.3 Å². The van der Waals surface area contributed by atoms with Gasteiger partial charge in [0.1, 0.15) is 5.76 Å². The number of carboxylic acids is 1. The summed E-state index contributed by atoms with van der Waals surface area (Å²) in [5, 5.41) is 12.3. The molecule has 4 nitrogen and oxygen atoms in total. The van der Waals surface area contributed by atoms with Gasteiger partial charge in [0, 0.05) is 12.5 Å². The lowest BCUT2D eigenvalue weighted by Crippen LogP contribution is -2.12. The molecule has 4 heteroatoms. The van der Waals surface area contributed by atoms with E-state index in [-0.39, 0.29) is 0 Å². The Kier molecular flexibility index (Phi) is 2.47. The first-order valence-corrected chi connectivity index (χ1v) is 3.74. The molecule has 0 radical (unpaired) electrons. The van der Waals surface area contributed by atoms with Gasteiger partial charge in [-0.15, -0.1) is 0 Å². The van der Waals surface area contributed by atoms with Gasteiger partial charge >= 0.3 is 5.97 Å².